The number of ether oxygens (including phenoxy) is 1. The summed E-state index contributed by atoms with van der Waals surface area (Å²) in [5, 5.41) is 10.5. The first kappa shape index (κ1) is 15.1. The monoisotopic (exact) mass is 357 g/mol. The number of aliphatic imine (C=N–C) groups is 1. The molecule has 3 aromatic rings. The van der Waals surface area contributed by atoms with Crippen LogP contribution in [0.5, 0.6) is 11.5 Å². The van der Waals surface area contributed by atoms with E-state index in [4.69, 9.17) is 9.84 Å². The van der Waals surface area contributed by atoms with Crippen molar-refractivity contribution in [2.45, 2.75) is 6.04 Å². The molecule has 0 fully saturated rings. The highest BCUT2D eigenvalue weighted by Gasteiger charge is 2.26. The van der Waals surface area contributed by atoms with E-state index in [1.165, 1.54) is 23.1 Å². The smallest absolute Gasteiger partial charge is 0.329 e. The first-order valence-electron chi connectivity index (χ1n) is 7.11. The molecular formula is C16H11N3O3S2. The van der Waals surface area contributed by atoms with Crippen molar-refractivity contribution < 1.29 is 14.6 Å². The van der Waals surface area contributed by atoms with Crippen LogP contribution < -0.4 is 4.74 Å². The zero-order valence-electron chi connectivity index (χ0n) is 12.2. The van der Waals surface area contributed by atoms with Crippen molar-refractivity contribution in [3.8, 4) is 11.5 Å². The Morgan fingerprint density at radius 1 is 1.21 bits per heavy atom. The molecule has 0 radical (unpaired) electrons. The normalized spacial score (nSPS) is 17.0. The lowest BCUT2D eigenvalue weighted by Gasteiger charge is -2.04. The second-order valence-electron chi connectivity index (χ2n) is 5.03. The molecule has 0 amide bonds. The number of rotatable bonds is 4. The molecule has 24 heavy (non-hydrogen) atoms. The van der Waals surface area contributed by atoms with Crippen LogP contribution in [0, 0.1) is 0 Å². The molecule has 0 saturated heterocycles. The van der Waals surface area contributed by atoms with Gasteiger partial charge in [0.1, 0.15) is 21.6 Å². The Labute approximate surface area is 145 Å². The van der Waals surface area contributed by atoms with Gasteiger partial charge in [0.25, 0.3) is 0 Å². The fourth-order valence-corrected chi connectivity index (χ4v) is 4.31. The molecule has 1 N–H and O–H groups in total. The van der Waals surface area contributed by atoms with E-state index in [1.807, 2.05) is 18.2 Å². The Morgan fingerprint density at radius 3 is 2.79 bits per heavy atom. The van der Waals surface area contributed by atoms with E-state index >= 15 is 0 Å². The number of benzene rings is 1. The summed E-state index contributed by atoms with van der Waals surface area (Å²) in [6.07, 6.45) is 3.35. The quantitative estimate of drug-likeness (QED) is 0.770. The lowest BCUT2D eigenvalue weighted by atomic mass is 10.3. The van der Waals surface area contributed by atoms with Crippen LogP contribution in [-0.4, -0.2) is 37.9 Å². The highest BCUT2D eigenvalue weighted by atomic mass is 32.2. The van der Waals surface area contributed by atoms with E-state index in [0.29, 0.717) is 22.3 Å². The minimum atomic E-state index is -0.897. The van der Waals surface area contributed by atoms with Gasteiger partial charge in [-0.15, -0.1) is 23.1 Å². The molecule has 4 rings (SSSR count). The number of aliphatic carboxylic acids is 1. The van der Waals surface area contributed by atoms with Crippen LogP contribution >= 0.6 is 23.1 Å². The van der Waals surface area contributed by atoms with Crippen LogP contribution in [-0.2, 0) is 4.79 Å². The number of pyridine rings is 1. The third-order valence-corrected chi connectivity index (χ3v) is 5.57. The number of hydrogen-bond donors (Lipinski definition) is 1. The maximum atomic E-state index is 11.0. The fourth-order valence-electron chi connectivity index (χ4n) is 2.22. The summed E-state index contributed by atoms with van der Waals surface area (Å²) >= 11 is 2.92. The first-order chi connectivity index (χ1) is 11.7. The Morgan fingerprint density at radius 2 is 2.04 bits per heavy atom. The van der Waals surface area contributed by atoms with E-state index in [0.717, 1.165) is 15.2 Å². The molecule has 0 saturated carbocycles. The molecule has 1 unspecified atom stereocenters. The van der Waals surface area contributed by atoms with Gasteiger partial charge in [-0.2, -0.15) is 0 Å². The zero-order valence-corrected chi connectivity index (χ0v) is 13.9. The number of hydrogen-bond acceptors (Lipinski definition) is 7. The van der Waals surface area contributed by atoms with Gasteiger partial charge >= 0.3 is 5.97 Å². The first-order valence-corrected chi connectivity index (χ1v) is 8.91. The molecule has 1 aromatic carbocycles. The maximum absolute atomic E-state index is 11.0. The highest BCUT2D eigenvalue weighted by molar-refractivity contribution is 8.15. The lowest BCUT2D eigenvalue weighted by Crippen LogP contribution is -2.17. The lowest BCUT2D eigenvalue weighted by molar-refractivity contribution is -0.137. The second-order valence-corrected chi connectivity index (χ2v) is 7.07. The number of thiazole rings is 1. The van der Waals surface area contributed by atoms with E-state index in [1.54, 1.807) is 24.5 Å². The molecule has 6 nitrogen and oxygen atoms in total. The van der Waals surface area contributed by atoms with E-state index < -0.39 is 12.0 Å². The number of carboxylic acid groups (broad SMARTS) is 1. The molecule has 0 aliphatic carbocycles. The van der Waals surface area contributed by atoms with Crippen molar-refractivity contribution in [3.63, 3.8) is 0 Å². The standard InChI is InChI=1S/C16H11N3O3S2/c20-16(21)12-8-23-14(19-12)15-18-11-2-1-10(7-13(11)24-15)22-9-3-5-17-6-4-9/h1-7,12H,8H2,(H,20,21). The summed E-state index contributed by atoms with van der Waals surface area (Å²) in [7, 11) is 0. The Kier molecular flexibility index (Phi) is 3.91. The zero-order chi connectivity index (χ0) is 16.5. The van der Waals surface area contributed by atoms with Gasteiger partial charge in [-0.1, -0.05) is 0 Å². The maximum Gasteiger partial charge on any atom is 0.329 e. The van der Waals surface area contributed by atoms with Crippen LogP contribution in [0.15, 0.2) is 47.7 Å². The van der Waals surface area contributed by atoms with Crippen LogP contribution in [0.2, 0.25) is 0 Å². The molecule has 0 bridgehead atoms. The molecular weight excluding hydrogens is 346 g/mol. The molecule has 1 aliphatic heterocycles. The number of fused-ring (bicyclic) bond motifs is 1. The average Bonchev–Trinajstić information content (AvgIpc) is 3.22. The third-order valence-electron chi connectivity index (χ3n) is 3.36. The second kappa shape index (κ2) is 6.21. The van der Waals surface area contributed by atoms with Crippen LogP contribution in [0.1, 0.15) is 5.01 Å². The van der Waals surface area contributed by atoms with Crippen molar-refractivity contribution in [1.82, 2.24) is 9.97 Å². The summed E-state index contributed by atoms with van der Waals surface area (Å²) in [6, 6.07) is 8.57. The van der Waals surface area contributed by atoms with Gasteiger partial charge in [0.15, 0.2) is 6.04 Å². The minimum absolute atomic E-state index is 0.455. The van der Waals surface area contributed by atoms with Crippen molar-refractivity contribution >= 4 is 44.3 Å². The van der Waals surface area contributed by atoms with Gasteiger partial charge in [0, 0.05) is 24.2 Å². The number of thioether (sulfide) groups is 1. The summed E-state index contributed by atoms with van der Waals surface area (Å²) in [4.78, 5) is 23.7. The number of carboxylic acids is 1. The van der Waals surface area contributed by atoms with Crippen LogP contribution in [0.4, 0.5) is 0 Å². The highest BCUT2D eigenvalue weighted by Crippen LogP contribution is 2.32. The van der Waals surface area contributed by atoms with E-state index in [-0.39, 0.29) is 0 Å². The SMILES string of the molecule is O=C(O)C1CSC(c2nc3ccc(Oc4ccncc4)cc3s2)=N1. The van der Waals surface area contributed by atoms with E-state index in [2.05, 4.69) is 15.0 Å². The van der Waals surface area contributed by atoms with Gasteiger partial charge in [0.2, 0.25) is 0 Å². The van der Waals surface area contributed by atoms with Crippen LogP contribution in [0.25, 0.3) is 10.2 Å². The largest absolute Gasteiger partial charge is 0.480 e. The number of nitrogens with zero attached hydrogens (tertiary/aromatic N) is 3. The molecule has 2 aromatic heterocycles. The molecule has 3 heterocycles. The molecule has 8 heteroatoms. The van der Waals surface area contributed by atoms with Crippen molar-refractivity contribution in [1.29, 1.82) is 0 Å². The number of aromatic nitrogens is 2. The van der Waals surface area contributed by atoms with Crippen molar-refractivity contribution in [2.75, 3.05) is 5.75 Å². The number of carbonyl (C=O) groups is 1. The minimum Gasteiger partial charge on any atom is -0.480 e. The fraction of sp³-hybridized carbons (Fsp3) is 0.125. The van der Waals surface area contributed by atoms with Crippen molar-refractivity contribution in [3.05, 3.63) is 47.7 Å². The Balaban J connectivity index is 1.62. The van der Waals surface area contributed by atoms with Gasteiger partial charge in [-0.25, -0.2) is 9.78 Å². The van der Waals surface area contributed by atoms with Gasteiger partial charge in [-0.3, -0.25) is 9.98 Å². The Bertz CT molecular complexity index is 940. The topological polar surface area (TPSA) is 84.7 Å². The van der Waals surface area contributed by atoms with Gasteiger partial charge < -0.3 is 9.84 Å². The summed E-state index contributed by atoms with van der Waals surface area (Å²) in [5.41, 5.74) is 0.846. The van der Waals surface area contributed by atoms with E-state index in [9.17, 15) is 4.79 Å². The van der Waals surface area contributed by atoms with Gasteiger partial charge in [-0.05, 0) is 24.3 Å². The molecule has 0 spiro atoms. The summed E-state index contributed by atoms with van der Waals surface area (Å²) in [5.74, 6) is 0.992. The molecule has 120 valence electrons. The van der Waals surface area contributed by atoms with Crippen LogP contribution in [0.3, 0.4) is 0 Å². The third kappa shape index (κ3) is 2.98. The Hall–Kier alpha value is -2.45. The van der Waals surface area contributed by atoms with Crippen molar-refractivity contribution in [2.24, 2.45) is 4.99 Å². The average molecular weight is 357 g/mol. The molecule has 1 atom stereocenters. The predicted molar refractivity (Wildman–Crippen MR) is 94.3 cm³/mol. The van der Waals surface area contributed by atoms with Gasteiger partial charge in [0.05, 0.1) is 10.2 Å². The predicted octanol–water partition coefficient (Wildman–Crippen LogP) is 3.43. The summed E-state index contributed by atoms with van der Waals surface area (Å²) < 4.78 is 6.77. The summed E-state index contributed by atoms with van der Waals surface area (Å²) in [6.45, 7) is 0. The molecule has 1 aliphatic rings.